The summed E-state index contributed by atoms with van der Waals surface area (Å²) in [5, 5.41) is 9.27. The number of nitrogens with zero attached hydrogens (tertiary/aromatic N) is 2. The van der Waals surface area contributed by atoms with E-state index in [-0.39, 0.29) is 27.3 Å². The number of benzene rings is 3. The molecule has 4 aromatic rings. The van der Waals surface area contributed by atoms with Gasteiger partial charge in [-0.3, -0.25) is 0 Å². The van der Waals surface area contributed by atoms with Gasteiger partial charge in [0, 0.05) is 11.1 Å². The fraction of sp³-hybridized carbons (Fsp3) is 0.0455. The quantitative estimate of drug-likeness (QED) is 0.489. The third kappa shape index (κ3) is 3.97. The molecule has 0 saturated carbocycles. The van der Waals surface area contributed by atoms with E-state index in [4.69, 9.17) is 5.14 Å². The normalized spacial score (nSPS) is 12.1. The average molecular weight is 443 g/mol. The molecule has 3 aromatic carbocycles. The van der Waals surface area contributed by atoms with Gasteiger partial charge in [-0.1, -0.05) is 66.7 Å². The first-order valence-corrected chi connectivity index (χ1v) is 10.7. The van der Waals surface area contributed by atoms with Crippen molar-refractivity contribution in [2.24, 2.45) is 5.14 Å². The number of halogens is 3. The average Bonchev–Trinajstić information content (AvgIpc) is 3.15. The Hall–Kier alpha value is -3.43. The van der Waals surface area contributed by atoms with Crippen molar-refractivity contribution >= 4 is 10.0 Å². The fourth-order valence-corrected chi connectivity index (χ4v) is 4.15. The topological polar surface area (TPSA) is 78.0 Å². The van der Waals surface area contributed by atoms with Crippen LogP contribution in [0.15, 0.2) is 89.8 Å². The standard InChI is InChI=1S/C22H16F3N3O2S/c23-22(24,25)21-19(15-9-3-1-4-10-15)20(28(27-21)16-11-5-2-6-12-16)17-13-7-8-14-18(17)31(26,29)30/h1-14H,(H2,26,29,30). The molecule has 0 fully saturated rings. The maximum absolute atomic E-state index is 14.1. The van der Waals surface area contributed by atoms with Crippen molar-refractivity contribution in [3.8, 4) is 28.1 Å². The number of primary sulfonamides is 1. The smallest absolute Gasteiger partial charge is 0.232 e. The molecule has 0 saturated heterocycles. The molecular formula is C22H16F3N3O2S. The zero-order chi connectivity index (χ0) is 22.2. The number of hydrogen-bond acceptors (Lipinski definition) is 3. The van der Waals surface area contributed by atoms with Gasteiger partial charge in [-0.05, 0) is 23.8 Å². The Morgan fingerprint density at radius 2 is 1.35 bits per heavy atom. The monoisotopic (exact) mass is 443 g/mol. The molecule has 0 aliphatic carbocycles. The van der Waals surface area contributed by atoms with Crippen LogP contribution in [0.1, 0.15) is 5.69 Å². The molecule has 158 valence electrons. The molecule has 1 aromatic heterocycles. The summed E-state index contributed by atoms with van der Waals surface area (Å²) >= 11 is 0. The summed E-state index contributed by atoms with van der Waals surface area (Å²) in [5.41, 5.74) is -0.759. The molecule has 2 N–H and O–H groups in total. The Bertz CT molecular complexity index is 1330. The van der Waals surface area contributed by atoms with E-state index in [1.54, 1.807) is 48.5 Å². The number of sulfonamides is 1. The lowest BCUT2D eigenvalue weighted by atomic mass is 9.98. The molecule has 0 bridgehead atoms. The van der Waals surface area contributed by atoms with E-state index in [1.165, 1.54) is 36.4 Å². The van der Waals surface area contributed by atoms with Crippen molar-refractivity contribution in [2.45, 2.75) is 11.1 Å². The van der Waals surface area contributed by atoms with Crippen LogP contribution in [0.2, 0.25) is 0 Å². The van der Waals surface area contributed by atoms with Crippen LogP contribution in [-0.2, 0) is 16.2 Å². The molecule has 0 aliphatic heterocycles. The van der Waals surface area contributed by atoms with Gasteiger partial charge in [-0.15, -0.1) is 0 Å². The second kappa shape index (κ2) is 7.68. The molecule has 0 spiro atoms. The molecule has 5 nitrogen and oxygen atoms in total. The molecule has 9 heteroatoms. The van der Waals surface area contributed by atoms with Crippen molar-refractivity contribution in [3.63, 3.8) is 0 Å². The Morgan fingerprint density at radius 1 is 0.806 bits per heavy atom. The highest BCUT2D eigenvalue weighted by molar-refractivity contribution is 7.89. The first-order chi connectivity index (χ1) is 14.7. The van der Waals surface area contributed by atoms with Crippen LogP contribution in [0.25, 0.3) is 28.1 Å². The lowest BCUT2D eigenvalue weighted by molar-refractivity contribution is -0.140. The number of hydrogen-bond donors (Lipinski definition) is 1. The van der Waals surface area contributed by atoms with Crippen LogP contribution in [-0.4, -0.2) is 18.2 Å². The predicted molar refractivity (Wildman–Crippen MR) is 111 cm³/mol. The van der Waals surface area contributed by atoms with E-state index in [1.807, 2.05) is 0 Å². The highest BCUT2D eigenvalue weighted by atomic mass is 32.2. The zero-order valence-electron chi connectivity index (χ0n) is 15.9. The third-order valence-electron chi connectivity index (χ3n) is 4.67. The van der Waals surface area contributed by atoms with E-state index in [0.29, 0.717) is 5.69 Å². The fourth-order valence-electron chi connectivity index (χ4n) is 3.41. The van der Waals surface area contributed by atoms with Gasteiger partial charge in [0.2, 0.25) is 10.0 Å². The van der Waals surface area contributed by atoms with E-state index in [2.05, 4.69) is 5.10 Å². The van der Waals surface area contributed by atoms with Crippen LogP contribution in [0, 0.1) is 0 Å². The van der Waals surface area contributed by atoms with E-state index in [9.17, 15) is 21.6 Å². The lowest BCUT2D eigenvalue weighted by Crippen LogP contribution is -2.14. The molecule has 31 heavy (non-hydrogen) atoms. The summed E-state index contributed by atoms with van der Waals surface area (Å²) in [7, 11) is -4.23. The van der Waals surface area contributed by atoms with Crippen molar-refractivity contribution in [2.75, 3.05) is 0 Å². The number of rotatable bonds is 4. The molecule has 0 unspecified atom stereocenters. The largest absolute Gasteiger partial charge is 0.435 e. The summed E-state index contributed by atoms with van der Waals surface area (Å²) in [6.07, 6.45) is -4.78. The number of aromatic nitrogens is 2. The van der Waals surface area contributed by atoms with E-state index in [0.717, 1.165) is 4.68 Å². The van der Waals surface area contributed by atoms with Crippen LogP contribution < -0.4 is 5.14 Å². The van der Waals surface area contributed by atoms with Crippen LogP contribution in [0.3, 0.4) is 0 Å². The number of para-hydroxylation sites is 1. The molecule has 0 atom stereocenters. The van der Waals surface area contributed by atoms with Crippen LogP contribution in [0.5, 0.6) is 0 Å². The summed E-state index contributed by atoms with van der Waals surface area (Å²) in [6, 6.07) is 21.8. The summed E-state index contributed by atoms with van der Waals surface area (Å²) in [5.74, 6) is 0. The molecule has 1 heterocycles. The van der Waals surface area contributed by atoms with Gasteiger partial charge in [-0.25, -0.2) is 18.2 Å². The molecular weight excluding hydrogens is 427 g/mol. The zero-order valence-corrected chi connectivity index (χ0v) is 16.7. The van der Waals surface area contributed by atoms with Gasteiger partial charge in [0.1, 0.15) is 0 Å². The SMILES string of the molecule is NS(=O)(=O)c1ccccc1-c1c(-c2ccccc2)c(C(F)(F)F)nn1-c1ccccc1. The van der Waals surface area contributed by atoms with Crippen molar-refractivity contribution in [3.05, 3.63) is 90.6 Å². The van der Waals surface area contributed by atoms with Gasteiger partial charge < -0.3 is 0 Å². The second-order valence-electron chi connectivity index (χ2n) is 6.72. The minimum absolute atomic E-state index is 0.0191. The first-order valence-electron chi connectivity index (χ1n) is 9.11. The Morgan fingerprint density at radius 3 is 1.94 bits per heavy atom. The maximum Gasteiger partial charge on any atom is 0.435 e. The van der Waals surface area contributed by atoms with Gasteiger partial charge in [0.25, 0.3) is 0 Å². The maximum atomic E-state index is 14.1. The first kappa shape index (κ1) is 20.8. The highest BCUT2D eigenvalue weighted by Crippen LogP contribution is 2.44. The molecule has 4 rings (SSSR count). The summed E-state index contributed by atoms with van der Waals surface area (Å²) < 4.78 is 67.8. The second-order valence-corrected chi connectivity index (χ2v) is 8.25. The Kier molecular flexibility index (Phi) is 5.16. The number of nitrogens with two attached hydrogens (primary N) is 1. The van der Waals surface area contributed by atoms with Gasteiger partial charge >= 0.3 is 6.18 Å². The number of alkyl halides is 3. The molecule has 0 aliphatic rings. The van der Waals surface area contributed by atoms with E-state index < -0.39 is 21.9 Å². The summed E-state index contributed by atoms with van der Waals surface area (Å²) in [6.45, 7) is 0. The van der Waals surface area contributed by atoms with E-state index >= 15 is 0 Å². The highest BCUT2D eigenvalue weighted by Gasteiger charge is 2.40. The predicted octanol–water partition coefficient (Wildman–Crippen LogP) is 4.87. The van der Waals surface area contributed by atoms with Crippen molar-refractivity contribution in [1.82, 2.24) is 9.78 Å². The summed E-state index contributed by atoms with van der Waals surface area (Å²) in [4.78, 5) is -0.294. The van der Waals surface area contributed by atoms with Gasteiger partial charge in [0.05, 0.1) is 16.3 Å². The lowest BCUT2D eigenvalue weighted by Gasteiger charge is -2.14. The minimum atomic E-state index is -4.78. The Balaban J connectivity index is 2.20. The van der Waals surface area contributed by atoms with Crippen molar-refractivity contribution in [1.29, 1.82) is 0 Å². The van der Waals surface area contributed by atoms with Crippen LogP contribution in [0.4, 0.5) is 13.2 Å². The Labute approximate surface area is 176 Å². The van der Waals surface area contributed by atoms with Gasteiger partial charge in [-0.2, -0.15) is 18.3 Å². The van der Waals surface area contributed by atoms with Gasteiger partial charge in [0.15, 0.2) is 5.69 Å². The third-order valence-corrected chi connectivity index (χ3v) is 5.63. The molecule has 0 amide bonds. The minimum Gasteiger partial charge on any atom is -0.232 e. The molecule has 0 radical (unpaired) electrons. The van der Waals surface area contributed by atoms with Crippen LogP contribution >= 0.6 is 0 Å². The van der Waals surface area contributed by atoms with Crippen molar-refractivity contribution < 1.29 is 21.6 Å².